The van der Waals surface area contributed by atoms with E-state index in [1.807, 2.05) is 18.4 Å². The summed E-state index contributed by atoms with van der Waals surface area (Å²) >= 11 is 1.84. The van der Waals surface area contributed by atoms with E-state index in [4.69, 9.17) is 0 Å². The van der Waals surface area contributed by atoms with Crippen LogP contribution in [0.3, 0.4) is 0 Å². The predicted octanol–water partition coefficient (Wildman–Crippen LogP) is 2.98. The fourth-order valence-electron chi connectivity index (χ4n) is 2.08. The van der Waals surface area contributed by atoms with Crippen LogP contribution in [0.25, 0.3) is 0 Å². The van der Waals surface area contributed by atoms with Crippen molar-refractivity contribution in [1.82, 2.24) is 10.2 Å². The fraction of sp³-hybridized carbons (Fsp3) is 0.692. The number of nitrogens with zero attached hydrogens (tertiary/aromatic N) is 1. The Kier molecular flexibility index (Phi) is 5.46. The van der Waals surface area contributed by atoms with Gasteiger partial charge in [0.1, 0.15) is 0 Å². The number of nitrogens with one attached hydrogen (secondary N) is 1. The van der Waals surface area contributed by atoms with E-state index in [0.29, 0.717) is 18.0 Å². The zero-order valence-electron chi connectivity index (χ0n) is 11.0. The Labute approximate surface area is 104 Å². The monoisotopic (exact) mass is 240 g/mol. The summed E-state index contributed by atoms with van der Waals surface area (Å²) in [7, 11) is 4.26. The van der Waals surface area contributed by atoms with Gasteiger partial charge in [-0.05, 0) is 38.4 Å². The maximum atomic E-state index is 3.29. The van der Waals surface area contributed by atoms with Gasteiger partial charge in [0.05, 0.1) is 0 Å². The summed E-state index contributed by atoms with van der Waals surface area (Å²) in [6.45, 7) is 7.92. The second-order valence-corrected chi connectivity index (χ2v) is 5.71. The smallest absolute Gasteiger partial charge is 0.0413 e. The van der Waals surface area contributed by atoms with E-state index in [1.165, 1.54) is 4.88 Å². The molecule has 0 spiro atoms. The summed E-state index contributed by atoms with van der Waals surface area (Å²) in [5.41, 5.74) is 0. The summed E-state index contributed by atoms with van der Waals surface area (Å²) in [6.07, 6.45) is 0. The molecular formula is C13H24N2S. The van der Waals surface area contributed by atoms with Crippen molar-refractivity contribution >= 4 is 11.3 Å². The maximum Gasteiger partial charge on any atom is 0.0413 e. The summed E-state index contributed by atoms with van der Waals surface area (Å²) in [5, 5.41) is 5.45. The molecule has 0 saturated carbocycles. The lowest BCUT2D eigenvalue weighted by atomic mass is 10.0. The Morgan fingerprint density at radius 2 is 2.06 bits per heavy atom. The first-order chi connectivity index (χ1) is 7.57. The zero-order valence-corrected chi connectivity index (χ0v) is 11.8. The molecule has 0 aromatic carbocycles. The zero-order chi connectivity index (χ0) is 12.1. The minimum absolute atomic E-state index is 0.501. The largest absolute Gasteiger partial charge is 0.318 e. The molecule has 1 rings (SSSR count). The standard InChI is InChI=1S/C13H24N2S/c1-10(2)12(9-14-4)15(5)11(3)13-7-6-8-16-13/h6-8,10-12,14H,9H2,1-5H3. The van der Waals surface area contributed by atoms with Crippen molar-refractivity contribution in [2.45, 2.75) is 32.9 Å². The van der Waals surface area contributed by atoms with Gasteiger partial charge >= 0.3 is 0 Å². The van der Waals surface area contributed by atoms with Crippen molar-refractivity contribution in [3.05, 3.63) is 22.4 Å². The molecule has 92 valence electrons. The number of rotatable bonds is 6. The van der Waals surface area contributed by atoms with Gasteiger partial charge in [0.2, 0.25) is 0 Å². The van der Waals surface area contributed by atoms with Crippen LogP contribution in [0.4, 0.5) is 0 Å². The molecule has 0 aliphatic carbocycles. The Bertz CT molecular complexity index is 282. The van der Waals surface area contributed by atoms with Gasteiger partial charge in [-0.2, -0.15) is 0 Å². The molecule has 2 atom stereocenters. The Hall–Kier alpha value is -0.380. The summed E-state index contributed by atoms with van der Waals surface area (Å²) in [4.78, 5) is 3.93. The van der Waals surface area contributed by atoms with Crippen molar-refractivity contribution in [2.24, 2.45) is 5.92 Å². The third-order valence-electron chi connectivity index (χ3n) is 3.27. The van der Waals surface area contributed by atoms with Gasteiger partial charge in [0.25, 0.3) is 0 Å². The van der Waals surface area contributed by atoms with Crippen LogP contribution in [0.15, 0.2) is 17.5 Å². The van der Waals surface area contributed by atoms with Crippen LogP contribution in [0.5, 0.6) is 0 Å². The molecule has 16 heavy (non-hydrogen) atoms. The molecule has 0 aliphatic heterocycles. The van der Waals surface area contributed by atoms with Gasteiger partial charge < -0.3 is 5.32 Å². The first kappa shape index (κ1) is 13.7. The van der Waals surface area contributed by atoms with Gasteiger partial charge in [-0.1, -0.05) is 19.9 Å². The molecule has 1 aromatic rings. The molecule has 0 radical (unpaired) electrons. The number of hydrogen-bond donors (Lipinski definition) is 1. The van der Waals surface area contributed by atoms with E-state index < -0.39 is 0 Å². The quantitative estimate of drug-likeness (QED) is 0.822. The summed E-state index contributed by atoms with van der Waals surface area (Å²) in [6, 6.07) is 5.44. The normalized spacial score (nSPS) is 15.7. The minimum atomic E-state index is 0.501. The topological polar surface area (TPSA) is 15.3 Å². The highest BCUT2D eigenvalue weighted by atomic mass is 32.1. The molecule has 0 aliphatic rings. The third-order valence-corrected chi connectivity index (χ3v) is 4.31. The van der Waals surface area contributed by atoms with Crippen molar-refractivity contribution < 1.29 is 0 Å². The molecular weight excluding hydrogens is 216 g/mol. The molecule has 1 aromatic heterocycles. The highest BCUT2D eigenvalue weighted by molar-refractivity contribution is 7.10. The van der Waals surface area contributed by atoms with Gasteiger partial charge in [-0.15, -0.1) is 11.3 Å². The lowest BCUT2D eigenvalue weighted by Gasteiger charge is -2.35. The van der Waals surface area contributed by atoms with Gasteiger partial charge in [-0.25, -0.2) is 0 Å². The lowest BCUT2D eigenvalue weighted by Crippen LogP contribution is -2.43. The molecule has 2 unspecified atom stereocenters. The van der Waals surface area contributed by atoms with Crippen molar-refractivity contribution in [3.8, 4) is 0 Å². The first-order valence-electron chi connectivity index (χ1n) is 5.97. The van der Waals surface area contributed by atoms with E-state index in [9.17, 15) is 0 Å². The van der Waals surface area contributed by atoms with E-state index in [-0.39, 0.29) is 0 Å². The summed E-state index contributed by atoms with van der Waals surface area (Å²) < 4.78 is 0. The summed E-state index contributed by atoms with van der Waals surface area (Å²) in [5.74, 6) is 0.667. The van der Waals surface area contributed by atoms with E-state index in [1.54, 1.807) is 0 Å². The number of thiophene rings is 1. The second kappa shape index (κ2) is 6.38. The van der Waals surface area contributed by atoms with Crippen LogP contribution in [0.2, 0.25) is 0 Å². The second-order valence-electron chi connectivity index (χ2n) is 4.73. The SMILES string of the molecule is CNCC(C(C)C)N(C)C(C)c1cccs1. The molecule has 0 bridgehead atoms. The van der Waals surface area contributed by atoms with Crippen molar-refractivity contribution in [2.75, 3.05) is 20.6 Å². The van der Waals surface area contributed by atoms with E-state index in [2.05, 4.69) is 55.5 Å². The lowest BCUT2D eigenvalue weighted by molar-refractivity contribution is 0.145. The van der Waals surface area contributed by atoms with Crippen LogP contribution in [-0.2, 0) is 0 Å². The van der Waals surface area contributed by atoms with E-state index in [0.717, 1.165) is 6.54 Å². The molecule has 0 saturated heterocycles. The number of hydrogen-bond acceptors (Lipinski definition) is 3. The Morgan fingerprint density at radius 1 is 1.38 bits per heavy atom. The van der Waals surface area contributed by atoms with Crippen LogP contribution >= 0.6 is 11.3 Å². The van der Waals surface area contributed by atoms with Gasteiger partial charge in [0.15, 0.2) is 0 Å². The maximum absolute atomic E-state index is 3.29. The van der Waals surface area contributed by atoms with Crippen molar-refractivity contribution in [3.63, 3.8) is 0 Å². The molecule has 0 amide bonds. The number of likely N-dealkylation sites (N-methyl/N-ethyl adjacent to an activating group) is 2. The molecule has 2 nitrogen and oxygen atoms in total. The fourth-order valence-corrected chi connectivity index (χ4v) is 2.91. The van der Waals surface area contributed by atoms with Crippen molar-refractivity contribution in [1.29, 1.82) is 0 Å². The molecule has 3 heteroatoms. The minimum Gasteiger partial charge on any atom is -0.318 e. The highest BCUT2D eigenvalue weighted by Crippen LogP contribution is 2.26. The molecule has 1 N–H and O–H groups in total. The first-order valence-corrected chi connectivity index (χ1v) is 6.85. The van der Waals surface area contributed by atoms with Crippen LogP contribution in [-0.4, -0.2) is 31.6 Å². The molecule has 1 heterocycles. The van der Waals surface area contributed by atoms with E-state index >= 15 is 0 Å². The van der Waals surface area contributed by atoms with Crippen LogP contribution < -0.4 is 5.32 Å². The average Bonchev–Trinajstić information content (AvgIpc) is 2.76. The predicted molar refractivity (Wildman–Crippen MR) is 73.0 cm³/mol. The molecule has 0 fully saturated rings. The van der Waals surface area contributed by atoms with Crippen LogP contribution in [0, 0.1) is 5.92 Å². The van der Waals surface area contributed by atoms with Gasteiger partial charge in [0, 0.05) is 23.5 Å². The Morgan fingerprint density at radius 3 is 2.50 bits per heavy atom. The average molecular weight is 240 g/mol. The highest BCUT2D eigenvalue weighted by Gasteiger charge is 2.23. The van der Waals surface area contributed by atoms with Crippen LogP contribution in [0.1, 0.15) is 31.7 Å². The van der Waals surface area contributed by atoms with Gasteiger partial charge in [-0.3, -0.25) is 4.90 Å². The third kappa shape index (κ3) is 3.30. The Balaban J connectivity index is 2.70.